The highest BCUT2D eigenvalue weighted by atomic mass is 35.5. The van der Waals surface area contributed by atoms with Gasteiger partial charge in [-0.2, -0.15) is 0 Å². The Balaban J connectivity index is 0.00000128. The standard InChI is InChI=1S/C12H18N2O.2ClH/c1-3-10-4-5-12(8-13-10)15-9-11-6-7-14(11)2;;/h4-5,8,11H,3,6-7,9H2,1-2H3;2*1H/t11-;;/m0../s1. The van der Waals surface area contributed by atoms with Crippen molar-refractivity contribution in [3.05, 3.63) is 24.0 Å². The number of likely N-dealkylation sites (tertiary alicyclic amines) is 1. The Morgan fingerprint density at radius 2 is 2.18 bits per heavy atom. The summed E-state index contributed by atoms with van der Waals surface area (Å²) in [6, 6.07) is 4.63. The lowest BCUT2D eigenvalue weighted by atomic mass is 10.1. The summed E-state index contributed by atoms with van der Waals surface area (Å²) in [5.74, 6) is 0.882. The third-order valence-electron chi connectivity index (χ3n) is 3.04. The van der Waals surface area contributed by atoms with Gasteiger partial charge < -0.3 is 4.74 Å². The van der Waals surface area contributed by atoms with Crippen molar-refractivity contribution in [3.63, 3.8) is 0 Å². The van der Waals surface area contributed by atoms with Crippen molar-refractivity contribution in [2.45, 2.75) is 25.8 Å². The van der Waals surface area contributed by atoms with Gasteiger partial charge in [-0.1, -0.05) is 6.92 Å². The molecule has 1 aromatic rings. The molecule has 1 aliphatic heterocycles. The first-order valence-corrected chi connectivity index (χ1v) is 5.57. The second kappa shape index (κ2) is 7.75. The van der Waals surface area contributed by atoms with Gasteiger partial charge in [0.1, 0.15) is 12.4 Å². The summed E-state index contributed by atoms with van der Waals surface area (Å²) in [7, 11) is 2.13. The molecule has 2 rings (SSSR count). The molecule has 2 heterocycles. The molecule has 0 unspecified atom stereocenters. The molecule has 1 atom stereocenters. The van der Waals surface area contributed by atoms with Crippen molar-refractivity contribution >= 4 is 24.8 Å². The van der Waals surface area contributed by atoms with Gasteiger partial charge in [0, 0.05) is 11.7 Å². The molecule has 0 aromatic carbocycles. The summed E-state index contributed by atoms with van der Waals surface area (Å²) in [5.41, 5.74) is 1.11. The van der Waals surface area contributed by atoms with Crippen LogP contribution in [0.4, 0.5) is 0 Å². The second-order valence-corrected chi connectivity index (χ2v) is 4.07. The zero-order chi connectivity index (χ0) is 10.7. The number of ether oxygens (including phenoxy) is 1. The van der Waals surface area contributed by atoms with E-state index in [2.05, 4.69) is 23.9 Å². The Morgan fingerprint density at radius 3 is 2.59 bits per heavy atom. The summed E-state index contributed by atoms with van der Waals surface area (Å²) in [6.45, 7) is 4.08. The van der Waals surface area contributed by atoms with E-state index < -0.39 is 0 Å². The topological polar surface area (TPSA) is 25.4 Å². The van der Waals surface area contributed by atoms with Crippen molar-refractivity contribution < 1.29 is 4.74 Å². The highest BCUT2D eigenvalue weighted by Crippen LogP contribution is 2.16. The van der Waals surface area contributed by atoms with E-state index in [4.69, 9.17) is 4.74 Å². The van der Waals surface area contributed by atoms with Crippen molar-refractivity contribution in [1.82, 2.24) is 9.88 Å². The number of hydrogen-bond acceptors (Lipinski definition) is 3. The van der Waals surface area contributed by atoms with Crippen LogP contribution in [0.15, 0.2) is 18.3 Å². The van der Waals surface area contributed by atoms with E-state index in [1.165, 1.54) is 13.0 Å². The van der Waals surface area contributed by atoms with Crippen LogP contribution in [-0.2, 0) is 6.42 Å². The highest BCUT2D eigenvalue weighted by Gasteiger charge is 2.24. The fourth-order valence-electron chi connectivity index (χ4n) is 1.68. The number of hydrogen-bond donors (Lipinski definition) is 0. The molecule has 0 aliphatic carbocycles. The summed E-state index contributed by atoms with van der Waals surface area (Å²) < 4.78 is 5.68. The minimum atomic E-state index is 0. The van der Waals surface area contributed by atoms with Crippen LogP contribution in [0.25, 0.3) is 0 Å². The number of likely N-dealkylation sites (N-methyl/N-ethyl adjacent to an activating group) is 1. The van der Waals surface area contributed by atoms with Crippen molar-refractivity contribution in [2.75, 3.05) is 20.2 Å². The first-order valence-electron chi connectivity index (χ1n) is 5.57. The quantitative estimate of drug-likeness (QED) is 0.847. The van der Waals surface area contributed by atoms with Crippen molar-refractivity contribution in [1.29, 1.82) is 0 Å². The first-order chi connectivity index (χ1) is 7.29. The highest BCUT2D eigenvalue weighted by molar-refractivity contribution is 5.85. The van der Waals surface area contributed by atoms with E-state index in [0.29, 0.717) is 6.04 Å². The maximum atomic E-state index is 5.68. The molecule has 1 aliphatic rings. The van der Waals surface area contributed by atoms with Crippen molar-refractivity contribution in [2.24, 2.45) is 0 Å². The van der Waals surface area contributed by atoms with E-state index in [0.717, 1.165) is 24.5 Å². The number of nitrogens with zero attached hydrogens (tertiary/aromatic N) is 2. The predicted octanol–water partition coefficient (Wildman–Crippen LogP) is 2.57. The van der Waals surface area contributed by atoms with Crippen LogP contribution < -0.4 is 4.74 Å². The van der Waals surface area contributed by atoms with Crippen LogP contribution in [0.2, 0.25) is 0 Å². The van der Waals surface area contributed by atoms with Gasteiger partial charge in [0.25, 0.3) is 0 Å². The van der Waals surface area contributed by atoms with Crippen LogP contribution in [0, 0.1) is 0 Å². The number of pyridine rings is 1. The third kappa shape index (κ3) is 4.34. The SMILES string of the molecule is CCc1ccc(OC[C@@H]2CCN2C)cn1.Cl.Cl. The Bertz CT molecular complexity index is 319. The van der Waals surface area contributed by atoms with Gasteiger partial charge in [-0.15, -0.1) is 24.8 Å². The fraction of sp³-hybridized carbons (Fsp3) is 0.583. The van der Waals surface area contributed by atoms with Crippen LogP contribution in [0.1, 0.15) is 19.0 Å². The van der Waals surface area contributed by atoms with Gasteiger partial charge in [0.05, 0.1) is 6.20 Å². The lowest BCUT2D eigenvalue weighted by molar-refractivity contribution is 0.0767. The Kier molecular flexibility index (Phi) is 7.51. The summed E-state index contributed by atoms with van der Waals surface area (Å²) in [6.07, 6.45) is 4.04. The minimum Gasteiger partial charge on any atom is -0.490 e. The fourth-order valence-corrected chi connectivity index (χ4v) is 1.68. The van der Waals surface area contributed by atoms with Crippen molar-refractivity contribution in [3.8, 4) is 5.75 Å². The molecule has 0 N–H and O–H groups in total. The molecule has 17 heavy (non-hydrogen) atoms. The van der Waals surface area contributed by atoms with Gasteiger partial charge in [-0.05, 0) is 38.6 Å². The van der Waals surface area contributed by atoms with E-state index in [9.17, 15) is 0 Å². The molecule has 1 fully saturated rings. The molecule has 0 spiro atoms. The minimum absolute atomic E-state index is 0. The predicted molar refractivity (Wildman–Crippen MR) is 74.6 cm³/mol. The maximum Gasteiger partial charge on any atom is 0.137 e. The molecule has 1 aromatic heterocycles. The van der Waals surface area contributed by atoms with E-state index in [1.54, 1.807) is 0 Å². The van der Waals surface area contributed by atoms with Crippen LogP contribution in [-0.4, -0.2) is 36.1 Å². The zero-order valence-electron chi connectivity index (χ0n) is 10.3. The number of aryl methyl sites for hydroxylation is 1. The average molecular weight is 279 g/mol. The van der Waals surface area contributed by atoms with Gasteiger partial charge >= 0.3 is 0 Å². The van der Waals surface area contributed by atoms with Gasteiger partial charge in [0.2, 0.25) is 0 Å². The maximum absolute atomic E-state index is 5.68. The third-order valence-corrected chi connectivity index (χ3v) is 3.04. The normalized spacial score (nSPS) is 18.6. The molecule has 0 amide bonds. The summed E-state index contributed by atoms with van der Waals surface area (Å²) in [4.78, 5) is 6.61. The average Bonchev–Trinajstić information content (AvgIpc) is 2.28. The van der Waals surface area contributed by atoms with E-state index in [1.807, 2.05) is 18.3 Å². The molecule has 0 bridgehead atoms. The van der Waals surface area contributed by atoms with E-state index >= 15 is 0 Å². The monoisotopic (exact) mass is 278 g/mol. The summed E-state index contributed by atoms with van der Waals surface area (Å²) >= 11 is 0. The molecular formula is C12H20Cl2N2O. The second-order valence-electron chi connectivity index (χ2n) is 4.07. The van der Waals surface area contributed by atoms with Crippen LogP contribution in [0.3, 0.4) is 0 Å². The van der Waals surface area contributed by atoms with Crippen LogP contribution in [0.5, 0.6) is 5.75 Å². The molecule has 98 valence electrons. The molecule has 3 nitrogen and oxygen atoms in total. The van der Waals surface area contributed by atoms with Crippen LogP contribution >= 0.6 is 24.8 Å². The number of rotatable bonds is 4. The summed E-state index contributed by atoms with van der Waals surface area (Å²) in [5, 5.41) is 0. The number of halogens is 2. The van der Waals surface area contributed by atoms with Gasteiger partial charge in [0.15, 0.2) is 0 Å². The first kappa shape index (κ1) is 16.5. The molecule has 0 radical (unpaired) electrons. The van der Waals surface area contributed by atoms with Gasteiger partial charge in [-0.3, -0.25) is 9.88 Å². The zero-order valence-corrected chi connectivity index (χ0v) is 11.9. The molecule has 0 saturated carbocycles. The van der Waals surface area contributed by atoms with E-state index in [-0.39, 0.29) is 24.8 Å². The Hall–Kier alpha value is -0.510. The molecule has 5 heteroatoms. The largest absolute Gasteiger partial charge is 0.490 e. The molecular weight excluding hydrogens is 259 g/mol. The lowest BCUT2D eigenvalue weighted by Gasteiger charge is -2.37. The Morgan fingerprint density at radius 1 is 1.41 bits per heavy atom. The Labute approximate surface area is 115 Å². The number of aromatic nitrogens is 1. The molecule has 1 saturated heterocycles. The van der Waals surface area contributed by atoms with Gasteiger partial charge in [-0.25, -0.2) is 0 Å². The smallest absolute Gasteiger partial charge is 0.137 e. The lowest BCUT2D eigenvalue weighted by Crippen LogP contribution is -2.48.